The fraction of sp³-hybridized carbons (Fsp3) is 0.462. The van der Waals surface area contributed by atoms with Crippen LogP contribution >= 0.6 is 0 Å². The highest BCUT2D eigenvalue weighted by Gasteiger charge is 2.00. The Labute approximate surface area is 91.7 Å². The summed E-state index contributed by atoms with van der Waals surface area (Å²) in [6.07, 6.45) is 3.60. The predicted octanol–water partition coefficient (Wildman–Crippen LogP) is 2.32. The van der Waals surface area contributed by atoms with E-state index in [1.165, 1.54) is 11.1 Å². The van der Waals surface area contributed by atoms with Crippen LogP contribution in [0.1, 0.15) is 30.9 Å². The van der Waals surface area contributed by atoms with E-state index in [0.717, 1.165) is 32.2 Å². The monoisotopic (exact) mass is 205 g/mol. The largest absolute Gasteiger partial charge is 0.313 e. The van der Waals surface area contributed by atoms with Gasteiger partial charge in [-0.2, -0.15) is 0 Å². The van der Waals surface area contributed by atoms with Gasteiger partial charge in [0.05, 0.1) is 0 Å². The highest BCUT2D eigenvalue weighted by atomic mass is 16.1. The summed E-state index contributed by atoms with van der Waals surface area (Å²) in [5.41, 5.74) is 2.60. The van der Waals surface area contributed by atoms with Crippen molar-refractivity contribution in [2.75, 3.05) is 6.54 Å². The molecule has 0 aliphatic carbocycles. The number of hydrogen-bond donors (Lipinski definition) is 1. The zero-order valence-corrected chi connectivity index (χ0v) is 9.33. The van der Waals surface area contributed by atoms with Crippen LogP contribution in [0.3, 0.4) is 0 Å². The van der Waals surface area contributed by atoms with Crippen LogP contribution < -0.4 is 5.32 Å². The quantitative estimate of drug-likeness (QED) is 0.546. The fourth-order valence-corrected chi connectivity index (χ4v) is 1.59. The molecule has 0 spiro atoms. The molecule has 0 aliphatic heterocycles. The molecule has 2 nitrogen and oxygen atoms in total. The maximum absolute atomic E-state index is 10.3. The summed E-state index contributed by atoms with van der Waals surface area (Å²) in [6, 6.07) is 8.31. The van der Waals surface area contributed by atoms with Gasteiger partial charge in [-0.1, -0.05) is 31.2 Å². The molecule has 2 heteroatoms. The first-order chi connectivity index (χ1) is 7.38. The van der Waals surface area contributed by atoms with Crippen LogP contribution in [0.2, 0.25) is 0 Å². The molecule has 82 valence electrons. The standard InChI is InChI=1S/C13H19NO/c1-2-9-14-11-13-7-4-3-6-12(13)8-5-10-15/h3-4,6-7,10,14H,2,5,8-9,11H2,1H3. The van der Waals surface area contributed by atoms with Crippen LogP contribution in [0.5, 0.6) is 0 Å². The fourth-order valence-electron chi connectivity index (χ4n) is 1.59. The lowest BCUT2D eigenvalue weighted by Gasteiger charge is -2.08. The second-order valence-corrected chi connectivity index (χ2v) is 3.65. The summed E-state index contributed by atoms with van der Waals surface area (Å²) < 4.78 is 0. The lowest BCUT2D eigenvalue weighted by atomic mass is 10.0. The first kappa shape index (κ1) is 11.9. The molecule has 0 heterocycles. The molecule has 0 atom stereocenters. The molecule has 1 rings (SSSR count). The van der Waals surface area contributed by atoms with Crippen molar-refractivity contribution < 1.29 is 4.79 Å². The SMILES string of the molecule is CCCNCc1ccccc1CCC=O. The lowest BCUT2D eigenvalue weighted by Crippen LogP contribution is -2.15. The summed E-state index contributed by atoms with van der Waals surface area (Å²) in [5.74, 6) is 0. The van der Waals surface area contributed by atoms with Gasteiger partial charge in [0.25, 0.3) is 0 Å². The highest BCUT2D eigenvalue weighted by molar-refractivity contribution is 5.50. The van der Waals surface area contributed by atoms with Crippen LogP contribution in [-0.2, 0) is 17.8 Å². The van der Waals surface area contributed by atoms with Gasteiger partial charge in [-0.3, -0.25) is 0 Å². The van der Waals surface area contributed by atoms with E-state index in [-0.39, 0.29) is 0 Å². The minimum atomic E-state index is 0.616. The molecule has 1 N–H and O–H groups in total. The molecular formula is C13H19NO. The minimum Gasteiger partial charge on any atom is -0.313 e. The van der Waals surface area contributed by atoms with Gasteiger partial charge in [0.1, 0.15) is 6.29 Å². The van der Waals surface area contributed by atoms with Gasteiger partial charge in [0.2, 0.25) is 0 Å². The molecule has 0 unspecified atom stereocenters. The Morgan fingerprint density at radius 2 is 2.00 bits per heavy atom. The molecule has 0 aliphatic rings. The Bertz CT molecular complexity index is 296. The molecule has 0 saturated heterocycles. The second kappa shape index (κ2) is 7.18. The van der Waals surface area contributed by atoms with Crippen molar-refractivity contribution in [3.8, 4) is 0 Å². The van der Waals surface area contributed by atoms with E-state index in [1.807, 2.05) is 12.1 Å². The summed E-state index contributed by atoms with van der Waals surface area (Å²) in [7, 11) is 0. The summed E-state index contributed by atoms with van der Waals surface area (Å²) in [6.45, 7) is 4.11. The average Bonchev–Trinajstić information content (AvgIpc) is 2.28. The molecule has 1 aromatic carbocycles. The lowest BCUT2D eigenvalue weighted by molar-refractivity contribution is -0.107. The van der Waals surface area contributed by atoms with Gasteiger partial charge in [-0.25, -0.2) is 0 Å². The van der Waals surface area contributed by atoms with Gasteiger partial charge >= 0.3 is 0 Å². The third-order valence-corrected chi connectivity index (χ3v) is 2.39. The van der Waals surface area contributed by atoms with Crippen LogP contribution in [0.4, 0.5) is 0 Å². The van der Waals surface area contributed by atoms with E-state index in [9.17, 15) is 4.79 Å². The highest BCUT2D eigenvalue weighted by Crippen LogP contribution is 2.10. The van der Waals surface area contributed by atoms with Crippen LogP contribution in [0.15, 0.2) is 24.3 Å². The van der Waals surface area contributed by atoms with Gasteiger partial charge < -0.3 is 10.1 Å². The van der Waals surface area contributed by atoms with E-state index in [2.05, 4.69) is 24.4 Å². The molecule has 0 fully saturated rings. The van der Waals surface area contributed by atoms with Crippen molar-refractivity contribution in [1.29, 1.82) is 0 Å². The van der Waals surface area contributed by atoms with Crippen LogP contribution in [0.25, 0.3) is 0 Å². The van der Waals surface area contributed by atoms with E-state index in [1.54, 1.807) is 0 Å². The molecular weight excluding hydrogens is 186 g/mol. The average molecular weight is 205 g/mol. The number of aldehydes is 1. The number of carbonyl (C=O) groups is 1. The Balaban J connectivity index is 2.55. The number of aryl methyl sites for hydroxylation is 1. The van der Waals surface area contributed by atoms with Crippen molar-refractivity contribution in [3.63, 3.8) is 0 Å². The minimum absolute atomic E-state index is 0.616. The number of nitrogens with one attached hydrogen (secondary N) is 1. The Kier molecular flexibility index (Phi) is 5.71. The van der Waals surface area contributed by atoms with E-state index < -0.39 is 0 Å². The van der Waals surface area contributed by atoms with Gasteiger partial charge in [0.15, 0.2) is 0 Å². The summed E-state index contributed by atoms with van der Waals surface area (Å²) >= 11 is 0. The summed E-state index contributed by atoms with van der Waals surface area (Å²) in [4.78, 5) is 10.3. The first-order valence-corrected chi connectivity index (χ1v) is 5.59. The molecule has 0 radical (unpaired) electrons. The zero-order valence-electron chi connectivity index (χ0n) is 9.33. The second-order valence-electron chi connectivity index (χ2n) is 3.65. The molecule has 0 aromatic heterocycles. The van der Waals surface area contributed by atoms with Gasteiger partial charge in [0, 0.05) is 13.0 Å². The number of carbonyl (C=O) groups excluding carboxylic acids is 1. The van der Waals surface area contributed by atoms with Crippen molar-refractivity contribution >= 4 is 6.29 Å². The van der Waals surface area contributed by atoms with Crippen molar-refractivity contribution in [3.05, 3.63) is 35.4 Å². The maximum atomic E-state index is 10.3. The van der Waals surface area contributed by atoms with Gasteiger partial charge in [-0.15, -0.1) is 0 Å². The molecule has 1 aromatic rings. The van der Waals surface area contributed by atoms with Gasteiger partial charge in [-0.05, 0) is 30.5 Å². The third kappa shape index (κ3) is 4.26. The van der Waals surface area contributed by atoms with Crippen molar-refractivity contribution in [1.82, 2.24) is 5.32 Å². The first-order valence-electron chi connectivity index (χ1n) is 5.59. The van der Waals surface area contributed by atoms with E-state index in [4.69, 9.17) is 0 Å². The molecule has 0 saturated carbocycles. The van der Waals surface area contributed by atoms with E-state index >= 15 is 0 Å². The smallest absolute Gasteiger partial charge is 0.120 e. The number of hydrogen-bond acceptors (Lipinski definition) is 2. The Morgan fingerprint density at radius 3 is 2.67 bits per heavy atom. The van der Waals surface area contributed by atoms with Crippen molar-refractivity contribution in [2.45, 2.75) is 32.7 Å². The third-order valence-electron chi connectivity index (χ3n) is 2.39. The predicted molar refractivity (Wildman–Crippen MR) is 62.8 cm³/mol. The Morgan fingerprint density at radius 1 is 1.27 bits per heavy atom. The maximum Gasteiger partial charge on any atom is 0.120 e. The molecule has 15 heavy (non-hydrogen) atoms. The summed E-state index contributed by atoms with van der Waals surface area (Å²) in [5, 5.41) is 3.38. The van der Waals surface area contributed by atoms with E-state index in [0.29, 0.717) is 6.42 Å². The zero-order chi connectivity index (χ0) is 10.9. The Hall–Kier alpha value is -1.15. The van der Waals surface area contributed by atoms with Crippen LogP contribution in [0, 0.1) is 0 Å². The van der Waals surface area contributed by atoms with Crippen LogP contribution in [-0.4, -0.2) is 12.8 Å². The topological polar surface area (TPSA) is 29.1 Å². The van der Waals surface area contributed by atoms with Crippen molar-refractivity contribution in [2.24, 2.45) is 0 Å². The normalized spacial score (nSPS) is 10.2. The molecule has 0 bridgehead atoms. The molecule has 0 amide bonds. The number of rotatable bonds is 7. The number of benzene rings is 1.